The molecule has 1 atom stereocenters. The molecule has 2 aromatic carbocycles. The molecule has 0 spiro atoms. The minimum absolute atomic E-state index is 0.192. The minimum Gasteiger partial charge on any atom is -0.497 e. The third-order valence-corrected chi connectivity index (χ3v) is 6.77. The van der Waals surface area contributed by atoms with Gasteiger partial charge in [-0.3, -0.25) is 4.57 Å². The summed E-state index contributed by atoms with van der Waals surface area (Å²) in [5.74, 6) is 3.40. The van der Waals surface area contributed by atoms with E-state index in [0.717, 1.165) is 60.7 Å². The SMILES string of the molecule is COc1ccc(-c2nnc(SCc3nccn3Cc3ccccc3)n2CC2CCCO2)cc1. The number of nitrogens with zero attached hydrogens (tertiary/aromatic N) is 5. The molecule has 0 saturated carbocycles. The smallest absolute Gasteiger partial charge is 0.192 e. The van der Waals surface area contributed by atoms with E-state index < -0.39 is 0 Å². The van der Waals surface area contributed by atoms with Crippen molar-refractivity contribution in [1.29, 1.82) is 0 Å². The van der Waals surface area contributed by atoms with Crippen LogP contribution in [-0.4, -0.2) is 44.1 Å². The summed E-state index contributed by atoms with van der Waals surface area (Å²) in [4.78, 5) is 4.59. The van der Waals surface area contributed by atoms with Crippen molar-refractivity contribution in [1.82, 2.24) is 24.3 Å². The van der Waals surface area contributed by atoms with Crippen LogP contribution in [0.25, 0.3) is 11.4 Å². The Labute approximate surface area is 197 Å². The van der Waals surface area contributed by atoms with Gasteiger partial charge in [-0.1, -0.05) is 42.1 Å². The number of hydrogen-bond donors (Lipinski definition) is 0. The summed E-state index contributed by atoms with van der Waals surface area (Å²) in [7, 11) is 1.67. The molecule has 0 radical (unpaired) electrons. The van der Waals surface area contributed by atoms with Crippen LogP contribution in [0.15, 0.2) is 72.1 Å². The summed E-state index contributed by atoms with van der Waals surface area (Å²) in [6.45, 7) is 2.37. The Bertz CT molecular complexity index is 1170. The molecule has 1 fully saturated rings. The standard InChI is InChI=1S/C25H27N5O2S/c1-31-21-11-9-20(10-12-21)24-27-28-25(30(24)17-22-8-5-15-32-22)33-18-23-26-13-14-29(23)16-19-6-3-2-4-7-19/h2-4,6-7,9-14,22H,5,8,15-18H2,1H3. The fourth-order valence-corrected chi connectivity index (χ4v) is 4.95. The zero-order valence-electron chi connectivity index (χ0n) is 18.6. The van der Waals surface area contributed by atoms with Crippen LogP contribution in [0.1, 0.15) is 24.2 Å². The zero-order chi connectivity index (χ0) is 22.5. The van der Waals surface area contributed by atoms with Crippen LogP contribution in [0.4, 0.5) is 0 Å². The van der Waals surface area contributed by atoms with Gasteiger partial charge in [0.2, 0.25) is 0 Å². The van der Waals surface area contributed by atoms with Gasteiger partial charge in [-0.2, -0.15) is 0 Å². The van der Waals surface area contributed by atoms with Crippen LogP contribution in [0.3, 0.4) is 0 Å². The summed E-state index contributed by atoms with van der Waals surface area (Å²) in [5, 5.41) is 9.97. The minimum atomic E-state index is 0.192. The summed E-state index contributed by atoms with van der Waals surface area (Å²) in [6, 6.07) is 18.4. The number of ether oxygens (including phenoxy) is 2. The molecule has 2 aromatic heterocycles. The Balaban J connectivity index is 1.36. The lowest BCUT2D eigenvalue weighted by molar-refractivity contribution is 0.0953. The lowest BCUT2D eigenvalue weighted by Crippen LogP contribution is -2.16. The second-order valence-electron chi connectivity index (χ2n) is 8.03. The van der Waals surface area contributed by atoms with Crippen molar-refractivity contribution in [3.8, 4) is 17.1 Å². The van der Waals surface area contributed by atoms with E-state index in [4.69, 9.17) is 9.47 Å². The average Bonchev–Trinajstić information content (AvgIpc) is 3.61. The van der Waals surface area contributed by atoms with E-state index in [1.54, 1.807) is 18.9 Å². The molecule has 5 rings (SSSR count). The maximum Gasteiger partial charge on any atom is 0.192 e. The van der Waals surface area contributed by atoms with Crippen molar-refractivity contribution < 1.29 is 9.47 Å². The first-order chi connectivity index (χ1) is 16.3. The quantitative estimate of drug-likeness (QED) is 0.338. The number of rotatable bonds is 9. The van der Waals surface area contributed by atoms with Crippen molar-refractivity contribution in [2.75, 3.05) is 13.7 Å². The monoisotopic (exact) mass is 461 g/mol. The van der Waals surface area contributed by atoms with Crippen molar-refractivity contribution in [3.05, 3.63) is 78.4 Å². The highest BCUT2D eigenvalue weighted by Gasteiger charge is 2.22. The van der Waals surface area contributed by atoms with E-state index in [9.17, 15) is 0 Å². The number of methoxy groups -OCH3 is 1. The third-order valence-electron chi connectivity index (χ3n) is 5.80. The Morgan fingerprint density at radius 1 is 1.09 bits per heavy atom. The van der Waals surface area contributed by atoms with E-state index in [2.05, 4.69) is 48.6 Å². The van der Waals surface area contributed by atoms with Crippen LogP contribution in [0, 0.1) is 0 Å². The van der Waals surface area contributed by atoms with E-state index in [0.29, 0.717) is 5.75 Å². The van der Waals surface area contributed by atoms with Gasteiger partial charge >= 0.3 is 0 Å². The molecule has 170 valence electrons. The summed E-state index contributed by atoms with van der Waals surface area (Å²) < 4.78 is 15.6. The topological polar surface area (TPSA) is 67.0 Å². The van der Waals surface area contributed by atoms with Gasteiger partial charge in [0.15, 0.2) is 11.0 Å². The molecule has 0 N–H and O–H groups in total. The molecular weight excluding hydrogens is 434 g/mol. The first kappa shape index (κ1) is 21.7. The van der Waals surface area contributed by atoms with E-state index in [1.807, 2.05) is 42.7 Å². The Kier molecular flexibility index (Phi) is 6.73. The van der Waals surface area contributed by atoms with Crippen molar-refractivity contribution in [2.45, 2.75) is 42.9 Å². The Morgan fingerprint density at radius 3 is 2.70 bits per heavy atom. The predicted molar refractivity (Wildman–Crippen MR) is 128 cm³/mol. The Hall–Kier alpha value is -3.10. The number of thioether (sulfide) groups is 1. The zero-order valence-corrected chi connectivity index (χ0v) is 19.4. The predicted octanol–water partition coefficient (Wildman–Crippen LogP) is 4.67. The molecule has 0 amide bonds. The van der Waals surface area contributed by atoms with Crippen molar-refractivity contribution in [2.24, 2.45) is 0 Å². The van der Waals surface area contributed by atoms with Gasteiger partial charge in [-0.05, 0) is 42.7 Å². The highest BCUT2D eigenvalue weighted by molar-refractivity contribution is 7.98. The summed E-state index contributed by atoms with van der Waals surface area (Å²) >= 11 is 1.66. The average molecular weight is 462 g/mol. The van der Waals surface area contributed by atoms with Crippen LogP contribution >= 0.6 is 11.8 Å². The Morgan fingerprint density at radius 2 is 1.94 bits per heavy atom. The van der Waals surface area contributed by atoms with Crippen LogP contribution < -0.4 is 4.74 Å². The number of aromatic nitrogens is 5. The first-order valence-electron chi connectivity index (χ1n) is 11.2. The number of benzene rings is 2. The molecule has 1 unspecified atom stereocenters. The lowest BCUT2D eigenvalue weighted by atomic mass is 10.2. The van der Waals surface area contributed by atoms with Gasteiger partial charge in [0.1, 0.15) is 11.6 Å². The van der Waals surface area contributed by atoms with Crippen molar-refractivity contribution in [3.63, 3.8) is 0 Å². The highest BCUT2D eigenvalue weighted by Crippen LogP contribution is 2.29. The summed E-state index contributed by atoms with van der Waals surface area (Å²) in [5.41, 5.74) is 2.27. The second kappa shape index (κ2) is 10.2. The molecule has 4 aromatic rings. The van der Waals surface area contributed by atoms with Gasteiger partial charge < -0.3 is 14.0 Å². The highest BCUT2D eigenvalue weighted by atomic mass is 32.2. The van der Waals surface area contributed by atoms with E-state index >= 15 is 0 Å². The molecule has 1 saturated heterocycles. The third kappa shape index (κ3) is 5.12. The van der Waals surface area contributed by atoms with E-state index in [1.165, 1.54) is 5.56 Å². The lowest BCUT2D eigenvalue weighted by Gasteiger charge is -2.15. The molecule has 0 bridgehead atoms. The van der Waals surface area contributed by atoms with Gasteiger partial charge in [0.25, 0.3) is 0 Å². The van der Waals surface area contributed by atoms with Gasteiger partial charge in [0, 0.05) is 31.1 Å². The largest absolute Gasteiger partial charge is 0.497 e. The molecular formula is C25H27N5O2S. The van der Waals surface area contributed by atoms with Crippen LogP contribution in [0.2, 0.25) is 0 Å². The fraction of sp³-hybridized carbons (Fsp3) is 0.320. The number of imidazole rings is 1. The van der Waals surface area contributed by atoms with Gasteiger partial charge in [-0.25, -0.2) is 4.98 Å². The second-order valence-corrected chi connectivity index (χ2v) is 8.97. The first-order valence-corrected chi connectivity index (χ1v) is 12.1. The fourth-order valence-electron chi connectivity index (χ4n) is 4.04. The molecule has 0 aliphatic carbocycles. The maximum absolute atomic E-state index is 5.92. The maximum atomic E-state index is 5.92. The van der Waals surface area contributed by atoms with Gasteiger partial charge in [-0.15, -0.1) is 10.2 Å². The van der Waals surface area contributed by atoms with Gasteiger partial charge in [0.05, 0.1) is 25.5 Å². The molecule has 1 aliphatic rings. The van der Waals surface area contributed by atoms with Crippen LogP contribution in [0.5, 0.6) is 5.75 Å². The molecule has 8 heteroatoms. The molecule has 7 nitrogen and oxygen atoms in total. The number of hydrogen-bond acceptors (Lipinski definition) is 6. The molecule has 33 heavy (non-hydrogen) atoms. The summed E-state index contributed by atoms with van der Waals surface area (Å²) in [6.07, 6.45) is 6.24. The van der Waals surface area contributed by atoms with Crippen molar-refractivity contribution >= 4 is 11.8 Å². The van der Waals surface area contributed by atoms with E-state index in [-0.39, 0.29) is 6.10 Å². The normalized spacial score (nSPS) is 15.7. The van der Waals surface area contributed by atoms with Crippen LogP contribution in [-0.2, 0) is 23.6 Å². The molecule has 1 aliphatic heterocycles. The molecule has 3 heterocycles.